The van der Waals surface area contributed by atoms with Crippen LogP contribution in [0.4, 0.5) is 0 Å². The number of alkyl halides is 1. The fourth-order valence-corrected chi connectivity index (χ4v) is 2.86. The quantitative estimate of drug-likeness (QED) is 0.752. The van der Waals surface area contributed by atoms with Gasteiger partial charge in [0.1, 0.15) is 5.82 Å². The Hall–Kier alpha value is -0.580. The third-order valence-corrected chi connectivity index (χ3v) is 4.02. The van der Waals surface area contributed by atoms with E-state index in [-0.39, 0.29) is 6.04 Å². The Morgan fingerprint density at radius 3 is 2.74 bits per heavy atom. The molecule has 5 heteroatoms. The maximum Gasteiger partial charge on any atom is 0.125 e. The smallest absolute Gasteiger partial charge is 0.125 e. The van der Waals surface area contributed by atoms with Crippen LogP contribution in [0.1, 0.15) is 25.7 Å². The number of ether oxygens (including phenoxy) is 1. The third kappa shape index (κ3) is 2.96. The normalized spacial score (nSPS) is 13.4. The van der Waals surface area contributed by atoms with E-state index in [0.717, 1.165) is 21.3 Å². The molecule has 104 valence electrons. The molecule has 0 N–H and O–H groups in total. The molecule has 0 aliphatic heterocycles. The van der Waals surface area contributed by atoms with Crippen LogP contribution in [-0.4, -0.2) is 23.3 Å². The van der Waals surface area contributed by atoms with Crippen molar-refractivity contribution in [3.63, 3.8) is 0 Å². The summed E-state index contributed by atoms with van der Waals surface area (Å²) in [6, 6.07) is 6.37. The fourth-order valence-electron chi connectivity index (χ4n) is 2.32. The van der Waals surface area contributed by atoms with Gasteiger partial charge in [-0.3, -0.25) is 0 Å². The Kier molecular flexibility index (Phi) is 4.87. The maximum atomic E-state index is 6.06. The first kappa shape index (κ1) is 14.8. The van der Waals surface area contributed by atoms with Gasteiger partial charge >= 0.3 is 0 Å². The SMILES string of the molecule is COCC(C(C)C)n1c(CCl)nc2cc(Br)ccc21. The minimum absolute atomic E-state index is 0.241. The van der Waals surface area contributed by atoms with Gasteiger partial charge in [-0.15, -0.1) is 11.6 Å². The summed E-state index contributed by atoms with van der Waals surface area (Å²) >= 11 is 9.53. The summed E-state index contributed by atoms with van der Waals surface area (Å²) in [7, 11) is 1.73. The number of methoxy groups -OCH3 is 1. The van der Waals surface area contributed by atoms with Crippen LogP contribution in [-0.2, 0) is 10.6 Å². The molecule has 2 rings (SSSR count). The molecule has 1 aromatic heterocycles. The molecule has 3 nitrogen and oxygen atoms in total. The lowest BCUT2D eigenvalue weighted by Crippen LogP contribution is -2.21. The van der Waals surface area contributed by atoms with Gasteiger partial charge in [-0.2, -0.15) is 0 Å². The van der Waals surface area contributed by atoms with Crippen LogP contribution < -0.4 is 0 Å². The summed E-state index contributed by atoms with van der Waals surface area (Å²) in [4.78, 5) is 4.62. The topological polar surface area (TPSA) is 27.1 Å². The highest BCUT2D eigenvalue weighted by molar-refractivity contribution is 9.10. The number of imidazole rings is 1. The summed E-state index contributed by atoms with van der Waals surface area (Å²) in [5, 5.41) is 0. The van der Waals surface area contributed by atoms with Crippen molar-refractivity contribution < 1.29 is 4.74 Å². The maximum absolute atomic E-state index is 6.06. The Morgan fingerprint density at radius 2 is 2.16 bits per heavy atom. The van der Waals surface area contributed by atoms with E-state index in [4.69, 9.17) is 16.3 Å². The van der Waals surface area contributed by atoms with E-state index in [2.05, 4.69) is 45.4 Å². The number of fused-ring (bicyclic) bond motifs is 1. The van der Waals surface area contributed by atoms with Crippen LogP contribution in [0, 0.1) is 5.92 Å². The molecule has 0 bridgehead atoms. The molecular weight excluding hydrogens is 328 g/mol. The first-order chi connectivity index (χ1) is 9.08. The van der Waals surface area contributed by atoms with Gasteiger partial charge in [0, 0.05) is 11.6 Å². The summed E-state index contributed by atoms with van der Waals surface area (Å²) in [5.74, 6) is 1.74. The van der Waals surface area contributed by atoms with Gasteiger partial charge in [0.05, 0.1) is 29.6 Å². The second-order valence-electron chi connectivity index (χ2n) is 4.93. The van der Waals surface area contributed by atoms with Gasteiger partial charge in [0.2, 0.25) is 0 Å². The van der Waals surface area contributed by atoms with E-state index >= 15 is 0 Å². The molecule has 0 fully saturated rings. The molecule has 1 unspecified atom stereocenters. The van der Waals surface area contributed by atoms with Crippen LogP contribution in [0.25, 0.3) is 11.0 Å². The summed E-state index contributed by atoms with van der Waals surface area (Å²) < 4.78 is 8.60. The number of nitrogens with zero attached hydrogens (tertiary/aromatic N) is 2. The van der Waals surface area contributed by atoms with Crippen LogP contribution in [0.5, 0.6) is 0 Å². The van der Waals surface area contributed by atoms with Crippen LogP contribution in [0.15, 0.2) is 22.7 Å². The van der Waals surface area contributed by atoms with Crippen molar-refractivity contribution in [2.24, 2.45) is 5.92 Å². The minimum atomic E-state index is 0.241. The van der Waals surface area contributed by atoms with Crippen molar-refractivity contribution >= 4 is 38.6 Å². The molecule has 0 aliphatic carbocycles. The van der Waals surface area contributed by atoms with Crippen molar-refractivity contribution in [1.82, 2.24) is 9.55 Å². The van der Waals surface area contributed by atoms with E-state index in [0.29, 0.717) is 18.4 Å². The Labute approximate surface area is 127 Å². The van der Waals surface area contributed by atoms with Gasteiger partial charge in [-0.25, -0.2) is 4.98 Å². The molecule has 0 aliphatic rings. The highest BCUT2D eigenvalue weighted by Crippen LogP contribution is 2.28. The molecule has 2 aromatic rings. The van der Waals surface area contributed by atoms with Crippen molar-refractivity contribution in [2.75, 3.05) is 13.7 Å². The molecule has 1 aromatic carbocycles. The Balaban J connectivity index is 2.61. The van der Waals surface area contributed by atoms with Crippen LogP contribution >= 0.6 is 27.5 Å². The molecule has 1 heterocycles. The summed E-state index contributed by atoms with van der Waals surface area (Å²) in [6.07, 6.45) is 0. The zero-order valence-electron chi connectivity index (χ0n) is 11.4. The van der Waals surface area contributed by atoms with Crippen molar-refractivity contribution in [3.05, 3.63) is 28.5 Å². The summed E-state index contributed by atoms with van der Waals surface area (Å²) in [6.45, 7) is 5.03. The van der Waals surface area contributed by atoms with Crippen LogP contribution in [0.3, 0.4) is 0 Å². The molecule has 0 radical (unpaired) electrons. The number of rotatable bonds is 5. The number of aromatic nitrogens is 2. The standard InChI is InChI=1S/C14H18BrClN2O/c1-9(2)13(8-19-3)18-12-5-4-10(15)6-11(12)17-14(18)7-16/h4-6,9,13H,7-8H2,1-3H3. The molecular formula is C14H18BrClN2O. The van der Waals surface area contributed by atoms with E-state index in [9.17, 15) is 0 Å². The van der Waals surface area contributed by atoms with E-state index in [1.54, 1.807) is 7.11 Å². The molecule has 0 amide bonds. The van der Waals surface area contributed by atoms with Crippen molar-refractivity contribution in [1.29, 1.82) is 0 Å². The first-order valence-corrected chi connectivity index (χ1v) is 7.62. The number of hydrogen-bond acceptors (Lipinski definition) is 2. The van der Waals surface area contributed by atoms with Crippen LogP contribution in [0.2, 0.25) is 0 Å². The Morgan fingerprint density at radius 1 is 1.42 bits per heavy atom. The largest absolute Gasteiger partial charge is 0.383 e. The van der Waals surface area contributed by atoms with Gasteiger partial charge in [-0.05, 0) is 24.1 Å². The van der Waals surface area contributed by atoms with Gasteiger partial charge < -0.3 is 9.30 Å². The molecule has 0 saturated carbocycles. The van der Waals surface area contributed by atoms with Gasteiger partial charge in [0.25, 0.3) is 0 Å². The Bertz CT molecular complexity index is 568. The zero-order valence-corrected chi connectivity index (χ0v) is 13.7. The molecule has 19 heavy (non-hydrogen) atoms. The van der Waals surface area contributed by atoms with E-state index in [1.165, 1.54) is 0 Å². The van der Waals surface area contributed by atoms with E-state index in [1.807, 2.05) is 12.1 Å². The minimum Gasteiger partial charge on any atom is -0.383 e. The lowest BCUT2D eigenvalue weighted by Gasteiger charge is -2.24. The fraction of sp³-hybridized carbons (Fsp3) is 0.500. The number of hydrogen-bond donors (Lipinski definition) is 0. The molecule has 0 spiro atoms. The van der Waals surface area contributed by atoms with Crippen molar-refractivity contribution in [3.8, 4) is 0 Å². The van der Waals surface area contributed by atoms with Gasteiger partial charge in [0.15, 0.2) is 0 Å². The zero-order chi connectivity index (χ0) is 14.0. The lowest BCUT2D eigenvalue weighted by atomic mass is 10.0. The monoisotopic (exact) mass is 344 g/mol. The second kappa shape index (κ2) is 6.25. The average Bonchev–Trinajstić information content (AvgIpc) is 2.72. The lowest BCUT2D eigenvalue weighted by molar-refractivity contribution is 0.134. The second-order valence-corrected chi connectivity index (χ2v) is 6.11. The molecule has 0 saturated heterocycles. The molecule has 1 atom stereocenters. The van der Waals surface area contributed by atoms with Crippen molar-refractivity contribution in [2.45, 2.75) is 25.8 Å². The predicted molar refractivity (Wildman–Crippen MR) is 82.7 cm³/mol. The third-order valence-electron chi connectivity index (χ3n) is 3.28. The number of benzene rings is 1. The predicted octanol–water partition coefficient (Wildman–Crippen LogP) is 4.38. The van der Waals surface area contributed by atoms with Gasteiger partial charge in [-0.1, -0.05) is 29.8 Å². The highest BCUT2D eigenvalue weighted by atomic mass is 79.9. The number of halogens is 2. The summed E-state index contributed by atoms with van der Waals surface area (Å²) in [5.41, 5.74) is 2.07. The average molecular weight is 346 g/mol. The first-order valence-electron chi connectivity index (χ1n) is 6.29. The highest BCUT2D eigenvalue weighted by Gasteiger charge is 2.21. The van der Waals surface area contributed by atoms with E-state index < -0.39 is 0 Å².